The van der Waals surface area contributed by atoms with E-state index in [1.807, 2.05) is 0 Å². The average molecular weight is 357 g/mol. The van der Waals surface area contributed by atoms with Gasteiger partial charge in [-0.1, -0.05) is 68.8 Å². The maximum absolute atomic E-state index is 13.7. The molecule has 0 saturated carbocycles. The van der Waals surface area contributed by atoms with E-state index in [4.69, 9.17) is 16.3 Å². The van der Waals surface area contributed by atoms with Crippen molar-refractivity contribution in [3.05, 3.63) is 29.0 Å². The van der Waals surface area contributed by atoms with Crippen LogP contribution in [0.25, 0.3) is 0 Å². The molecule has 0 aromatic heterocycles. The molecule has 1 aliphatic rings. The number of hydrogen-bond acceptors (Lipinski definition) is 1. The van der Waals surface area contributed by atoms with Gasteiger partial charge in [0.05, 0.1) is 6.61 Å². The number of ether oxygens (including phenoxy) is 1. The summed E-state index contributed by atoms with van der Waals surface area (Å²) in [4.78, 5) is 0. The second kappa shape index (κ2) is 10.3. The highest BCUT2D eigenvalue weighted by Crippen LogP contribution is 2.29. The van der Waals surface area contributed by atoms with Crippen molar-refractivity contribution in [1.82, 2.24) is 0 Å². The third kappa shape index (κ3) is 6.84. The molecule has 23 heavy (non-hydrogen) atoms. The lowest BCUT2D eigenvalue weighted by Crippen LogP contribution is -2.24. The van der Waals surface area contributed by atoms with Gasteiger partial charge in [-0.05, 0) is 37.0 Å². The van der Waals surface area contributed by atoms with Crippen LogP contribution in [0.15, 0.2) is 18.2 Å². The summed E-state index contributed by atoms with van der Waals surface area (Å²) < 4.78 is 19.4. The first-order valence-corrected chi connectivity index (χ1v) is 12.1. The summed E-state index contributed by atoms with van der Waals surface area (Å²) in [5.74, 6) is 0.589. The van der Waals surface area contributed by atoms with Crippen LogP contribution in [0, 0.1) is 11.7 Å². The van der Waals surface area contributed by atoms with Crippen LogP contribution in [0.1, 0.15) is 51.9 Å². The number of rotatable bonds is 9. The highest BCUT2D eigenvalue weighted by molar-refractivity contribution is 6.58. The summed E-state index contributed by atoms with van der Waals surface area (Å²) in [7, 11) is -0.479. The summed E-state index contributed by atoms with van der Waals surface area (Å²) in [5.41, 5.74) is 0. The molecule has 0 unspecified atom stereocenters. The van der Waals surface area contributed by atoms with Crippen LogP contribution in [0.2, 0.25) is 23.2 Å². The monoisotopic (exact) mass is 356 g/mol. The molecular weight excluding hydrogens is 327 g/mol. The quantitative estimate of drug-likeness (QED) is 0.364. The lowest BCUT2D eigenvalue weighted by Gasteiger charge is -2.27. The Hall–Kier alpha value is -0.543. The Bertz CT molecular complexity index is 461. The van der Waals surface area contributed by atoms with E-state index in [0.717, 1.165) is 0 Å². The van der Waals surface area contributed by atoms with Gasteiger partial charge in [0.15, 0.2) is 11.6 Å². The molecule has 0 aliphatic carbocycles. The molecule has 1 fully saturated rings. The Balaban J connectivity index is 1.61. The van der Waals surface area contributed by atoms with E-state index in [0.29, 0.717) is 23.3 Å². The van der Waals surface area contributed by atoms with Crippen molar-refractivity contribution in [3.8, 4) is 5.75 Å². The van der Waals surface area contributed by atoms with Gasteiger partial charge >= 0.3 is 0 Å². The minimum atomic E-state index is -0.479. The van der Waals surface area contributed by atoms with Gasteiger partial charge < -0.3 is 4.74 Å². The Labute approximate surface area is 147 Å². The summed E-state index contributed by atoms with van der Waals surface area (Å²) in [5, 5.41) is 0.417. The SMILES string of the molecule is CCCCCCC[Si@H]1CC[C@H](COc2ccc(Cl)cc2F)CC1. The fraction of sp³-hybridized carbons (Fsp3) is 0.684. The molecule has 1 aromatic rings. The molecule has 130 valence electrons. The molecule has 0 N–H and O–H groups in total. The summed E-state index contributed by atoms with van der Waals surface area (Å²) in [6.45, 7) is 2.92. The fourth-order valence-corrected chi connectivity index (χ4v) is 7.30. The second-order valence-corrected chi connectivity index (χ2v) is 10.9. The van der Waals surface area contributed by atoms with Gasteiger partial charge in [0.1, 0.15) is 0 Å². The van der Waals surface area contributed by atoms with Crippen LogP contribution in [-0.4, -0.2) is 15.4 Å². The largest absolute Gasteiger partial charge is 0.490 e. The number of unbranched alkanes of at least 4 members (excludes halogenated alkanes) is 4. The van der Waals surface area contributed by atoms with E-state index in [9.17, 15) is 4.39 Å². The Morgan fingerprint density at radius 2 is 1.91 bits per heavy atom. The maximum atomic E-state index is 13.7. The first-order chi connectivity index (χ1) is 11.2. The molecule has 0 atom stereocenters. The van der Waals surface area contributed by atoms with Gasteiger partial charge in [-0.2, -0.15) is 0 Å². The lowest BCUT2D eigenvalue weighted by atomic mass is 10.0. The molecule has 0 spiro atoms. The molecule has 4 heteroatoms. The highest BCUT2D eigenvalue weighted by atomic mass is 35.5. The van der Waals surface area contributed by atoms with Crippen molar-refractivity contribution in [1.29, 1.82) is 0 Å². The first-order valence-electron chi connectivity index (χ1n) is 9.27. The van der Waals surface area contributed by atoms with Crippen molar-refractivity contribution < 1.29 is 9.13 Å². The van der Waals surface area contributed by atoms with E-state index in [1.54, 1.807) is 12.1 Å². The third-order valence-corrected chi connectivity index (χ3v) is 8.81. The average Bonchev–Trinajstić information content (AvgIpc) is 2.55. The van der Waals surface area contributed by atoms with E-state index in [1.165, 1.54) is 69.1 Å². The molecule has 1 nitrogen and oxygen atoms in total. The normalized spacial score (nSPS) is 21.3. The fourth-order valence-electron chi connectivity index (χ4n) is 3.52. The minimum Gasteiger partial charge on any atom is -0.490 e. The first kappa shape index (κ1) is 18.8. The molecule has 0 radical (unpaired) electrons. The lowest BCUT2D eigenvalue weighted by molar-refractivity contribution is 0.227. The van der Waals surface area contributed by atoms with E-state index < -0.39 is 8.80 Å². The molecule has 1 aromatic carbocycles. The van der Waals surface area contributed by atoms with Gasteiger partial charge in [0.25, 0.3) is 0 Å². The summed E-state index contributed by atoms with van der Waals surface area (Å²) in [6, 6.07) is 9.06. The second-order valence-electron chi connectivity index (χ2n) is 6.98. The maximum Gasteiger partial charge on any atom is 0.166 e. The molecule has 1 heterocycles. The van der Waals surface area contributed by atoms with Gasteiger partial charge in [0, 0.05) is 13.8 Å². The van der Waals surface area contributed by atoms with Crippen molar-refractivity contribution in [2.45, 2.75) is 70.0 Å². The predicted molar refractivity (Wildman–Crippen MR) is 100.0 cm³/mol. The van der Waals surface area contributed by atoms with E-state index in [2.05, 4.69) is 6.92 Å². The van der Waals surface area contributed by atoms with Gasteiger partial charge in [-0.15, -0.1) is 0 Å². The van der Waals surface area contributed by atoms with Gasteiger partial charge in [-0.25, -0.2) is 4.39 Å². The van der Waals surface area contributed by atoms with E-state index >= 15 is 0 Å². The zero-order valence-corrected chi connectivity index (χ0v) is 16.2. The third-order valence-electron chi connectivity index (χ3n) is 5.05. The predicted octanol–water partition coefficient (Wildman–Crippen LogP) is 6.47. The molecule has 1 saturated heterocycles. The summed E-state index contributed by atoms with van der Waals surface area (Å²) in [6.07, 6.45) is 9.58. The smallest absolute Gasteiger partial charge is 0.166 e. The Morgan fingerprint density at radius 1 is 1.17 bits per heavy atom. The van der Waals surface area contributed by atoms with Crippen molar-refractivity contribution in [3.63, 3.8) is 0 Å². The van der Waals surface area contributed by atoms with Crippen LogP contribution in [0.3, 0.4) is 0 Å². The van der Waals surface area contributed by atoms with Crippen LogP contribution < -0.4 is 4.74 Å². The van der Waals surface area contributed by atoms with Crippen LogP contribution >= 0.6 is 11.6 Å². The highest BCUT2D eigenvalue weighted by Gasteiger charge is 2.22. The van der Waals surface area contributed by atoms with Gasteiger partial charge in [0.2, 0.25) is 0 Å². The zero-order valence-electron chi connectivity index (χ0n) is 14.3. The number of benzene rings is 1. The molecule has 0 bridgehead atoms. The standard InChI is InChI=1S/C19H30ClFOSi/c1-2-3-4-5-6-11-23-12-9-16(10-13-23)15-22-19-8-7-17(20)14-18(19)21/h7-8,14,16,23H,2-6,9-13,15H2,1H3/t16-,23-. The number of hydrogen-bond donors (Lipinski definition) is 0. The molecule has 1 aliphatic heterocycles. The van der Waals surface area contributed by atoms with Crippen molar-refractivity contribution in [2.75, 3.05) is 6.61 Å². The minimum absolute atomic E-state index is 0.338. The van der Waals surface area contributed by atoms with Crippen LogP contribution in [0.4, 0.5) is 4.39 Å². The van der Waals surface area contributed by atoms with Crippen LogP contribution in [0.5, 0.6) is 5.75 Å². The Morgan fingerprint density at radius 3 is 2.61 bits per heavy atom. The topological polar surface area (TPSA) is 9.23 Å². The Kier molecular flexibility index (Phi) is 8.45. The van der Waals surface area contributed by atoms with Crippen LogP contribution in [-0.2, 0) is 0 Å². The number of halogens is 2. The van der Waals surface area contributed by atoms with Crippen molar-refractivity contribution >= 4 is 20.4 Å². The molecular formula is C19H30ClFOSi. The van der Waals surface area contributed by atoms with Gasteiger partial charge in [-0.3, -0.25) is 0 Å². The summed E-state index contributed by atoms with van der Waals surface area (Å²) >= 11 is 5.76. The zero-order chi connectivity index (χ0) is 16.5. The van der Waals surface area contributed by atoms with Crippen molar-refractivity contribution in [2.24, 2.45) is 5.92 Å². The molecule has 2 rings (SSSR count). The molecule has 0 amide bonds. The van der Waals surface area contributed by atoms with E-state index in [-0.39, 0.29) is 5.82 Å².